The van der Waals surface area contributed by atoms with E-state index < -0.39 is 12.0 Å². The Morgan fingerprint density at radius 2 is 2.22 bits per heavy atom. The van der Waals surface area contributed by atoms with Crippen molar-refractivity contribution in [1.29, 1.82) is 0 Å². The summed E-state index contributed by atoms with van der Waals surface area (Å²) >= 11 is 1.37. The predicted molar refractivity (Wildman–Crippen MR) is 67.8 cm³/mol. The normalized spacial score (nSPS) is 16.3. The quantitative estimate of drug-likeness (QED) is 0.850. The van der Waals surface area contributed by atoms with E-state index in [-0.39, 0.29) is 5.91 Å². The van der Waals surface area contributed by atoms with Crippen molar-refractivity contribution in [2.24, 2.45) is 5.92 Å². The average Bonchev–Trinajstić information content (AvgIpc) is 3.01. The van der Waals surface area contributed by atoms with Crippen LogP contribution in [0.25, 0.3) is 0 Å². The van der Waals surface area contributed by atoms with Crippen molar-refractivity contribution in [2.75, 3.05) is 0 Å². The summed E-state index contributed by atoms with van der Waals surface area (Å²) < 4.78 is 0. The molecule has 1 aliphatic rings. The molecule has 1 saturated carbocycles. The molecule has 0 saturated heterocycles. The van der Waals surface area contributed by atoms with Crippen molar-refractivity contribution < 1.29 is 14.7 Å². The van der Waals surface area contributed by atoms with Crippen molar-refractivity contribution in [3.05, 3.63) is 15.6 Å². The van der Waals surface area contributed by atoms with Gasteiger partial charge in [-0.2, -0.15) is 0 Å². The Kier molecular flexibility index (Phi) is 3.65. The number of aliphatic carboxylic acids is 1. The van der Waals surface area contributed by atoms with Crippen LogP contribution in [0.3, 0.4) is 0 Å². The zero-order valence-electron chi connectivity index (χ0n) is 10.4. The van der Waals surface area contributed by atoms with E-state index >= 15 is 0 Å². The number of carbonyl (C=O) groups excluding carboxylic acids is 1. The van der Waals surface area contributed by atoms with E-state index in [4.69, 9.17) is 5.11 Å². The van der Waals surface area contributed by atoms with Gasteiger partial charge in [0.15, 0.2) is 0 Å². The number of hydrogen-bond donors (Lipinski definition) is 2. The maximum absolute atomic E-state index is 11.9. The molecule has 18 heavy (non-hydrogen) atoms. The smallest absolute Gasteiger partial charge is 0.325 e. The standard InChI is InChI=1S/C12H16N2O3S/c1-6-10(11(15)14-7(2)12(16)17)18-9(13-6)5-8-3-4-8/h7-8H,3-5H2,1-2H3,(H,14,15)(H,16,17). The lowest BCUT2D eigenvalue weighted by molar-refractivity contribution is -0.138. The van der Waals surface area contributed by atoms with Crippen LogP contribution >= 0.6 is 11.3 Å². The van der Waals surface area contributed by atoms with E-state index in [1.165, 1.54) is 31.1 Å². The second kappa shape index (κ2) is 5.06. The number of carbonyl (C=O) groups is 2. The van der Waals surface area contributed by atoms with Crippen molar-refractivity contribution in [1.82, 2.24) is 10.3 Å². The molecule has 1 aromatic heterocycles. The maximum atomic E-state index is 11.9. The van der Waals surface area contributed by atoms with Crippen LogP contribution in [-0.2, 0) is 11.2 Å². The Hall–Kier alpha value is -1.43. The zero-order chi connectivity index (χ0) is 13.3. The molecule has 1 heterocycles. The van der Waals surface area contributed by atoms with Gasteiger partial charge >= 0.3 is 5.97 Å². The van der Waals surface area contributed by atoms with Gasteiger partial charge in [-0.3, -0.25) is 9.59 Å². The number of thiazole rings is 1. The molecular formula is C12H16N2O3S. The van der Waals surface area contributed by atoms with Gasteiger partial charge in [0.1, 0.15) is 10.9 Å². The van der Waals surface area contributed by atoms with E-state index in [0.29, 0.717) is 10.6 Å². The zero-order valence-corrected chi connectivity index (χ0v) is 11.2. The SMILES string of the molecule is Cc1nc(CC2CC2)sc1C(=O)NC(C)C(=O)O. The van der Waals surface area contributed by atoms with E-state index in [0.717, 1.165) is 17.3 Å². The lowest BCUT2D eigenvalue weighted by atomic mass is 10.3. The van der Waals surface area contributed by atoms with Crippen LogP contribution in [0.1, 0.15) is 40.1 Å². The Balaban J connectivity index is 2.04. The molecule has 0 radical (unpaired) electrons. The molecule has 1 fully saturated rings. The minimum atomic E-state index is -1.04. The highest BCUT2D eigenvalue weighted by Crippen LogP contribution is 2.34. The van der Waals surface area contributed by atoms with Gasteiger partial charge in [0.05, 0.1) is 10.7 Å². The lowest BCUT2D eigenvalue weighted by Gasteiger charge is -2.07. The molecule has 0 aliphatic heterocycles. The number of aromatic nitrogens is 1. The van der Waals surface area contributed by atoms with Crippen LogP contribution in [0.15, 0.2) is 0 Å². The van der Waals surface area contributed by atoms with Gasteiger partial charge in [-0.1, -0.05) is 0 Å². The molecule has 0 spiro atoms. The molecule has 2 N–H and O–H groups in total. The molecular weight excluding hydrogens is 252 g/mol. The molecule has 1 aromatic rings. The summed E-state index contributed by atoms with van der Waals surface area (Å²) in [6.07, 6.45) is 3.43. The third-order valence-electron chi connectivity index (χ3n) is 2.93. The number of aryl methyl sites for hydroxylation is 1. The molecule has 98 valence electrons. The van der Waals surface area contributed by atoms with E-state index in [1.54, 1.807) is 6.92 Å². The number of carboxylic acids is 1. The molecule has 0 aromatic carbocycles. The van der Waals surface area contributed by atoms with Gasteiger partial charge in [-0.15, -0.1) is 11.3 Å². The fourth-order valence-electron chi connectivity index (χ4n) is 1.64. The molecule has 6 heteroatoms. The summed E-state index contributed by atoms with van der Waals surface area (Å²) in [4.78, 5) is 27.5. The molecule has 2 rings (SSSR count). The van der Waals surface area contributed by atoms with Gasteiger partial charge in [-0.05, 0) is 32.6 Å². The van der Waals surface area contributed by atoms with E-state index in [1.807, 2.05) is 0 Å². The number of hydrogen-bond acceptors (Lipinski definition) is 4. The summed E-state index contributed by atoms with van der Waals surface area (Å²) in [5.41, 5.74) is 0.686. The summed E-state index contributed by atoms with van der Waals surface area (Å²) in [5, 5.41) is 12.2. The third-order valence-corrected chi connectivity index (χ3v) is 4.10. The predicted octanol–water partition coefficient (Wildman–Crippen LogP) is 1.61. The first-order valence-electron chi connectivity index (χ1n) is 5.97. The molecule has 5 nitrogen and oxygen atoms in total. The van der Waals surface area contributed by atoms with Crippen molar-refractivity contribution in [2.45, 2.75) is 39.2 Å². The minimum Gasteiger partial charge on any atom is -0.480 e. The van der Waals surface area contributed by atoms with Crippen LogP contribution in [0, 0.1) is 12.8 Å². The maximum Gasteiger partial charge on any atom is 0.325 e. The highest BCUT2D eigenvalue weighted by atomic mass is 32.1. The molecule has 1 aliphatic carbocycles. The minimum absolute atomic E-state index is 0.345. The summed E-state index contributed by atoms with van der Waals surface area (Å²) in [5.74, 6) is -0.657. The Morgan fingerprint density at radius 3 is 2.78 bits per heavy atom. The van der Waals surface area contributed by atoms with Crippen LogP contribution in [0.4, 0.5) is 0 Å². The van der Waals surface area contributed by atoms with Crippen LogP contribution in [-0.4, -0.2) is 28.0 Å². The first kappa shape index (κ1) is 13.0. The highest BCUT2D eigenvalue weighted by Gasteiger charge is 2.25. The number of nitrogens with zero attached hydrogens (tertiary/aromatic N) is 1. The average molecular weight is 268 g/mol. The van der Waals surface area contributed by atoms with Gasteiger partial charge in [0.25, 0.3) is 5.91 Å². The van der Waals surface area contributed by atoms with E-state index in [9.17, 15) is 9.59 Å². The molecule has 1 unspecified atom stereocenters. The second-order valence-electron chi connectivity index (χ2n) is 4.70. The highest BCUT2D eigenvalue weighted by molar-refractivity contribution is 7.13. The number of nitrogens with one attached hydrogen (secondary N) is 1. The van der Waals surface area contributed by atoms with Crippen LogP contribution in [0.5, 0.6) is 0 Å². The lowest BCUT2D eigenvalue weighted by Crippen LogP contribution is -2.38. The van der Waals surface area contributed by atoms with Crippen molar-refractivity contribution in [3.8, 4) is 0 Å². The summed E-state index contributed by atoms with van der Waals surface area (Å²) in [7, 11) is 0. The number of rotatable bonds is 5. The first-order chi connectivity index (χ1) is 8.47. The Morgan fingerprint density at radius 1 is 1.56 bits per heavy atom. The first-order valence-corrected chi connectivity index (χ1v) is 6.79. The molecule has 1 atom stereocenters. The summed E-state index contributed by atoms with van der Waals surface area (Å²) in [6, 6.07) is -0.883. The molecule has 0 bridgehead atoms. The number of amides is 1. The van der Waals surface area contributed by atoms with Gasteiger partial charge in [0.2, 0.25) is 0 Å². The topological polar surface area (TPSA) is 79.3 Å². The van der Waals surface area contributed by atoms with Crippen molar-refractivity contribution >= 4 is 23.2 Å². The van der Waals surface area contributed by atoms with Crippen molar-refractivity contribution in [3.63, 3.8) is 0 Å². The fourth-order valence-corrected chi connectivity index (χ4v) is 2.73. The second-order valence-corrected chi connectivity index (χ2v) is 5.79. The van der Waals surface area contributed by atoms with Crippen LogP contribution in [0.2, 0.25) is 0 Å². The number of carboxylic acid groups (broad SMARTS) is 1. The summed E-state index contributed by atoms with van der Waals surface area (Å²) in [6.45, 7) is 3.23. The molecule has 1 amide bonds. The monoisotopic (exact) mass is 268 g/mol. The Labute approximate surface area is 109 Å². The largest absolute Gasteiger partial charge is 0.480 e. The van der Waals surface area contributed by atoms with Crippen LogP contribution < -0.4 is 5.32 Å². The fraction of sp³-hybridized carbons (Fsp3) is 0.583. The van der Waals surface area contributed by atoms with E-state index in [2.05, 4.69) is 10.3 Å². The van der Waals surface area contributed by atoms with Gasteiger partial charge in [0, 0.05) is 6.42 Å². The van der Waals surface area contributed by atoms with Gasteiger partial charge < -0.3 is 10.4 Å². The Bertz CT molecular complexity index is 480. The third kappa shape index (κ3) is 3.07. The van der Waals surface area contributed by atoms with Gasteiger partial charge in [-0.25, -0.2) is 4.98 Å².